The number of nitrogens with one attached hydrogen (secondary N) is 2. The minimum absolute atomic E-state index is 0.0275. The van der Waals surface area contributed by atoms with Crippen LogP contribution in [-0.4, -0.2) is 91.1 Å². The van der Waals surface area contributed by atoms with Gasteiger partial charge < -0.3 is 39.2 Å². The van der Waals surface area contributed by atoms with Crippen LogP contribution < -0.4 is 20.1 Å². The molecule has 3 heterocycles. The van der Waals surface area contributed by atoms with Gasteiger partial charge in [0.1, 0.15) is 30.8 Å². The third-order valence-electron chi connectivity index (χ3n) is 12.4. The number of nitrogens with zero attached hydrogens (tertiary/aromatic N) is 2. The van der Waals surface area contributed by atoms with Gasteiger partial charge in [-0.2, -0.15) is 0 Å². The average Bonchev–Trinajstić information content (AvgIpc) is 4.04. The highest BCUT2D eigenvalue weighted by atomic mass is 16.7. The Labute approximate surface area is 343 Å². The molecule has 0 aromatic heterocycles. The van der Waals surface area contributed by atoms with Crippen molar-refractivity contribution in [1.82, 2.24) is 20.4 Å². The van der Waals surface area contributed by atoms with E-state index in [0.717, 1.165) is 65.5 Å². The molecule has 312 valence electrons. The van der Waals surface area contributed by atoms with Gasteiger partial charge in [-0.05, 0) is 69.7 Å². The molecule has 1 saturated heterocycles. The smallest absolute Gasteiger partial charge is 0.410 e. The summed E-state index contributed by atoms with van der Waals surface area (Å²) < 4.78 is 27.9. The summed E-state index contributed by atoms with van der Waals surface area (Å²) in [4.78, 5) is 72.0. The first kappa shape index (κ1) is 40.0. The van der Waals surface area contributed by atoms with Crippen LogP contribution in [-0.2, 0) is 41.7 Å². The number of hydrogen-bond donors (Lipinski definition) is 2. The maximum Gasteiger partial charge on any atom is 0.410 e. The Kier molecular flexibility index (Phi) is 11.2. The SMILES string of the molecule is COC(=O)[C@@H]1C[C@@H](OC(=O)N2Cc3cc4c(cc3C2)OCO4)CN1C(=O)[C@@H](NC(=O)[C@@H](NC(=O)OCC1c2ccccc2-c2ccccc21)C1CCCCC1)C(C)(C)C. The molecular weight excluding hydrogens is 757 g/mol. The van der Waals surface area contributed by atoms with Gasteiger partial charge in [0.2, 0.25) is 18.6 Å². The van der Waals surface area contributed by atoms with E-state index in [1.165, 1.54) is 12.0 Å². The summed E-state index contributed by atoms with van der Waals surface area (Å²) in [5.41, 5.74) is 5.40. The number of hydrogen-bond acceptors (Lipinski definition) is 10. The van der Waals surface area contributed by atoms with Crippen molar-refractivity contribution in [2.24, 2.45) is 11.3 Å². The Hall–Kier alpha value is -5.79. The summed E-state index contributed by atoms with van der Waals surface area (Å²) in [5.74, 6) is -0.752. The van der Waals surface area contributed by atoms with Crippen LogP contribution in [0.5, 0.6) is 11.5 Å². The van der Waals surface area contributed by atoms with Crippen molar-refractivity contribution in [2.75, 3.05) is 27.1 Å². The molecular formula is C45H52N4O10. The predicted octanol–water partition coefficient (Wildman–Crippen LogP) is 6.03. The summed E-state index contributed by atoms with van der Waals surface area (Å²) >= 11 is 0. The number of likely N-dealkylation sites (tertiary alicyclic amines) is 1. The van der Waals surface area contributed by atoms with Crippen LogP contribution in [0.3, 0.4) is 0 Å². The highest BCUT2D eigenvalue weighted by Crippen LogP contribution is 2.45. The van der Waals surface area contributed by atoms with E-state index in [1.807, 2.05) is 69.3 Å². The highest BCUT2D eigenvalue weighted by molar-refractivity contribution is 5.94. The van der Waals surface area contributed by atoms with Crippen LogP contribution in [0.1, 0.15) is 87.5 Å². The lowest BCUT2D eigenvalue weighted by Gasteiger charge is -2.37. The van der Waals surface area contributed by atoms with Crippen molar-refractivity contribution >= 4 is 30.0 Å². The van der Waals surface area contributed by atoms with Gasteiger partial charge in [0.15, 0.2) is 11.5 Å². The molecule has 4 amide bonds. The Balaban J connectivity index is 0.944. The second-order valence-corrected chi connectivity index (χ2v) is 17.3. The number of benzene rings is 3. The molecule has 3 aliphatic heterocycles. The third kappa shape index (κ3) is 8.13. The molecule has 0 radical (unpaired) electrons. The van der Waals surface area contributed by atoms with E-state index >= 15 is 0 Å². The number of amides is 4. The summed E-state index contributed by atoms with van der Waals surface area (Å²) in [6, 6.07) is 16.8. The zero-order valence-corrected chi connectivity index (χ0v) is 34.0. The van der Waals surface area contributed by atoms with Gasteiger partial charge in [-0.1, -0.05) is 88.6 Å². The molecule has 2 fully saturated rings. The lowest BCUT2D eigenvalue weighted by molar-refractivity contribution is -0.153. The quantitative estimate of drug-likeness (QED) is 0.193. The molecule has 5 aliphatic rings. The predicted molar refractivity (Wildman–Crippen MR) is 214 cm³/mol. The first-order valence-corrected chi connectivity index (χ1v) is 20.6. The molecule has 59 heavy (non-hydrogen) atoms. The Morgan fingerprint density at radius 2 is 1.46 bits per heavy atom. The largest absolute Gasteiger partial charge is 0.467 e. The number of esters is 1. The number of carbonyl (C=O) groups excluding carboxylic acids is 5. The number of alkyl carbamates (subject to hydrolysis) is 1. The lowest BCUT2D eigenvalue weighted by Crippen LogP contribution is -2.61. The minimum Gasteiger partial charge on any atom is -0.467 e. The van der Waals surface area contributed by atoms with Crippen LogP contribution >= 0.6 is 0 Å². The van der Waals surface area contributed by atoms with Gasteiger partial charge in [0, 0.05) is 25.4 Å². The Morgan fingerprint density at radius 1 is 0.847 bits per heavy atom. The monoisotopic (exact) mass is 808 g/mol. The molecule has 8 rings (SSSR count). The molecule has 0 spiro atoms. The van der Waals surface area contributed by atoms with Gasteiger partial charge in [-0.15, -0.1) is 0 Å². The van der Waals surface area contributed by atoms with Gasteiger partial charge >= 0.3 is 18.2 Å². The summed E-state index contributed by atoms with van der Waals surface area (Å²) in [5, 5.41) is 5.86. The minimum atomic E-state index is -1.11. The first-order valence-electron chi connectivity index (χ1n) is 20.6. The fraction of sp³-hybridized carbons (Fsp3) is 0.489. The fourth-order valence-electron chi connectivity index (χ4n) is 9.30. The van der Waals surface area contributed by atoms with Crippen LogP contribution in [0.4, 0.5) is 9.59 Å². The van der Waals surface area contributed by atoms with E-state index in [1.54, 1.807) is 4.90 Å². The third-order valence-corrected chi connectivity index (χ3v) is 12.4. The number of methoxy groups -OCH3 is 1. The second kappa shape index (κ2) is 16.5. The Bertz CT molecular complexity index is 2050. The standard InChI is InChI=1S/C45H52N4O10/c1-45(2,3)39(41(51)49-23-29(20-35(49)42(52)55-4)59-44(54)48-21-27-18-36-37(58-25-57-36)19-28(27)22-48)47-40(50)38(26-12-6-5-7-13-26)46-43(53)56-24-34-32-16-10-8-14-30(32)31-15-9-11-17-33(31)34/h8-11,14-19,26,29,34-35,38-39H,5-7,12-13,20-25H2,1-4H3,(H,46,53)(H,47,50)/t29-,35+,38+,39-/m1/s1. The molecule has 0 bridgehead atoms. The van der Waals surface area contributed by atoms with E-state index in [-0.39, 0.29) is 38.2 Å². The van der Waals surface area contributed by atoms with Crippen molar-refractivity contribution in [3.05, 3.63) is 82.9 Å². The van der Waals surface area contributed by atoms with Crippen LogP contribution in [0.2, 0.25) is 0 Å². The van der Waals surface area contributed by atoms with Crippen molar-refractivity contribution in [1.29, 1.82) is 0 Å². The molecule has 2 N–H and O–H groups in total. The first-order chi connectivity index (χ1) is 28.4. The van der Waals surface area contributed by atoms with Gasteiger partial charge in [-0.25, -0.2) is 14.4 Å². The number of rotatable bonds is 9. The summed E-state index contributed by atoms with van der Waals surface area (Å²) in [6.45, 7) is 6.26. The summed E-state index contributed by atoms with van der Waals surface area (Å²) in [6.07, 6.45) is 2.23. The second-order valence-electron chi connectivity index (χ2n) is 17.3. The van der Waals surface area contributed by atoms with Gasteiger partial charge in [0.25, 0.3) is 0 Å². The molecule has 14 heteroatoms. The molecule has 3 aromatic rings. The lowest BCUT2D eigenvalue weighted by atomic mass is 9.82. The van der Waals surface area contributed by atoms with Crippen LogP contribution in [0, 0.1) is 11.3 Å². The van der Waals surface area contributed by atoms with E-state index in [2.05, 4.69) is 22.8 Å². The van der Waals surface area contributed by atoms with E-state index < -0.39 is 59.6 Å². The molecule has 4 atom stereocenters. The molecule has 2 aliphatic carbocycles. The zero-order chi connectivity index (χ0) is 41.4. The van der Waals surface area contributed by atoms with Crippen molar-refractivity contribution in [3.8, 4) is 22.6 Å². The fourth-order valence-corrected chi connectivity index (χ4v) is 9.30. The normalized spacial score (nSPS) is 20.5. The van der Waals surface area contributed by atoms with E-state index in [9.17, 15) is 24.0 Å². The average molecular weight is 809 g/mol. The van der Waals surface area contributed by atoms with Crippen LogP contribution in [0.25, 0.3) is 11.1 Å². The number of carbonyl (C=O) groups is 5. The van der Waals surface area contributed by atoms with Crippen LogP contribution in [0.15, 0.2) is 60.7 Å². The zero-order valence-electron chi connectivity index (χ0n) is 34.0. The number of ether oxygens (including phenoxy) is 5. The molecule has 3 aromatic carbocycles. The highest BCUT2D eigenvalue weighted by Gasteiger charge is 2.48. The molecule has 0 unspecified atom stereocenters. The van der Waals surface area contributed by atoms with Crippen molar-refractivity contribution < 1.29 is 47.7 Å². The van der Waals surface area contributed by atoms with Gasteiger partial charge in [0.05, 0.1) is 13.7 Å². The van der Waals surface area contributed by atoms with E-state index in [0.29, 0.717) is 24.6 Å². The topological polar surface area (TPSA) is 162 Å². The summed E-state index contributed by atoms with van der Waals surface area (Å²) in [7, 11) is 1.24. The molecule has 1 saturated carbocycles. The molecule has 14 nitrogen and oxygen atoms in total. The van der Waals surface area contributed by atoms with Crippen molar-refractivity contribution in [2.45, 2.75) is 103 Å². The van der Waals surface area contributed by atoms with Gasteiger partial charge in [-0.3, -0.25) is 14.5 Å². The van der Waals surface area contributed by atoms with Crippen molar-refractivity contribution in [3.63, 3.8) is 0 Å². The Morgan fingerprint density at radius 3 is 2.05 bits per heavy atom. The maximum absolute atomic E-state index is 14.6. The van der Waals surface area contributed by atoms with E-state index in [4.69, 9.17) is 23.7 Å². The maximum atomic E-state index is 14.6. The number of fused-ring (bicyclic) bond motifs is 5.